The van der Waals surface area contributed by atoms with E-state index in [-0.39, 0.29) is 43.1 Å². The van der Waals surface area contributed by atoms with Gasteiger partial charge in [-0.25, -0.2) is 14.8 Å². The molecule has 2 unspecified atom stereocenters. The molecule has 248 valence electrons. The maximum absolute atomic E-state index is 14.1. The molecule has 4 heterocycles. The standard InChI is InChI=1S/C28H34N6O10S2/c1-6-31-9-10-32(25(41)24(31)40)33(14-36)20(17-8-7-11-45-17)21(38)30-22(43-15(2)37)16-12-46-26-18(29-13-35)23(39)34(26)19(16)27(42)44-28(3,4)5/h7-8,11,13-14,18,20,22,26H,6,9-10,12H2,1-5H3,(H,29,35)(H,30,38)/t18-,20?,22?,26+/m0/s1. The van der Waals surface area contributed by atoms with Gasteiger partial charge in [-0.2, -0.15) is 0 Å². The number of ether oxygens (including phenoxy) is 2. The van der Waals surface area contributed by atoms with Crippen LogP contribution in [0.3, 0.4) is 0 Å². The Labute approximate surface area is 272 Å². The molecule has 46 heavy (non-hydrogen) atoms. The zero-order valence-corrected chi connectivity index (χ0v) is 27.3. The third kappa shape index (κ3) is 6.86. The lowest BCUT2D eigenvalue weighted by Gasteiger charge is -2.50. The quantitative estimate of drug-likeness (QED) is 0.0951. The Hall–Kier alpha value is -4.45. The molecule has 0 aromatic carbocycles. The predicted molar refractivity (Wildman–Crippen MR) is 162 cm³/mol. The van der Waals surface area contributed by atoms with Crippen molar-refractivity contribution < 1.29 is 47.8 Å². The Morgan fingerprint density at radius 2 is 1.87 bits per heavy atom. The molecule has 2 saturated heterocycles. The van der Waals surface area contributed by atoms with E-state index in [4.69, 9.17) is 9.47 Å². The van der Waals surface area contributed by atoms with E-state index < -0.39 is 64.9 Å². The normalized spacial score (nSPS) is 21.1. The molecule has 3 aliphatic rings. The lowest BCUT2D eigenvalue weighted by atomic mass is 10.0. The number of thiophene rings is 1. The summed E-state index contributed by atoms with van der Waals surface area (Å²) in [5.41, 5.74) is -1.25. The molecule has 1 aromatic rings. The van der Waals surface area contributed by atoms with E-state index in [9.17, 15) is 38.4 Å². The van der Waals surface area contributed by atoms with Crippen LogP contribution in [0.25, 0.3) is 0 Å². The van der Waals surface area contributed by atoms with E-state index in [0.717, 1.165) is 44.9 Å². The SMILES string of the molecule is CCN1CCN(N(C=O)C(C(=O)NC(OC(C)=O)C2=C(C(=O)OC(C)(C)C)N3C(=O)[C@H](NC=O)[C@H]3SC2)c2cccs2)C(=O)C1=O. The molecular weight excluding hydrogens is 644 g/mol. The van der Waals surface area contributed by atoms with Crippen molar-refractivity contribution in [1.29, 1.82) is 0 Å². The highest BCUT2D eigenvalue weighted by atomic mass is 32.2. The summed E-state index contributed by atoms with van der Waals surface area (Å²) in [6.07, 6.45) is -1.00. The van der Waals surface area contributed by atoms with Crippen LogP contribution in [0, 0.1) is 0 Å². The minimum Gasteiger partial charge on any atom is -0.455 e. The highest BCUT2D eigenvalue weighted by Gasteiger charge is 2.55. The van der Waals surface area contributed by atoms with Gasteiger partial charge >= 0.3 is 23.8 Å². The molecule has 6 amide bonds. The van der Waals surface area contributed by atoms with Crippen molar-refractivity contribution in [2.24, 2.45) is 0 Å². The predicted octanol–water partition coefficient (Wildman–Crippen LogP) is -0.516. The first-order chi connectivity index (χ1) is 21.7. The molecule has 4 atom stereocenters. The Morgan fingerprint density at radius 3 is 2.43 bits per heavy atom. The number of hydrogen-bond donors (Lipinski definition) is 2. The molecule has 16 nitrogen and oxygen atoms in total. The zero-order valence-electron chi connectivity index (χ0n) is 25.7. The van der Waals surface area contributed by atoms with Crippen LogP contribution in [0.15, 0.2) is 28.8 Å². The van der Waals surface area contributed by atoms with Crippen LogP contribution >= 0.6 is 23.1 Å². The fourth-order valence-corrected chi connectivity index (χ4v) is 7.28. The van der Waals surface area contributed by atoms with E-state index in [1.165, 1.54) is 4.90 Å². The van der Waals surface area contributed by atoms with Crippen molar-refractivity contribution >= 4 is 71.5 Å². The Kier molecular flexibility index (Phi) is 10.4. The van der Waals surface area contributed by atoms with Gasteiger partial charge in [0.25, 0.3) is 11.8 Å². The Bertz CT molecular complexity index is 1460. The maximum atomic E-state index is 14.1. The molecule has 2 N–H and O–H groups in total. The number of piperazine rings is 1. The number of carbonyl (C=O) groups excluding carboxylic acids is 8. The summed E-state index contributed by atoms with van der Waals surface area (Å²) < 4.78 is 11.0. The van der Waals surface area contributed by atoms with E-state index >= 15 is 0 Å². The van der Waals surface area contributed by atoms with Crippen LogP contribution in [0.4, 0.5) is 0 Å². The summed E-state index contributed by atoms with van der Waals surface area (Å²) in [5.74, 6) is -5.20. The summed E-state index contributed by atoms with van der Waals surface area (Å²) in [7, 11) is 0. The number of esters is 2. The van der Waals surface area contributed by atoms with Gasteiger partial charge in [-0.3, -0.25) is 38.5 Å². The summed E-state index contributed by atoms with van der Waals surface area (Å²) in [6, 6.07) is 0.754. The number of thioether (sulfide) groups is 1. The number of fused-ring (bicyclic) bond motifs is 1. The Morgan fingerprint density at radius 1 is 1.15 bits per heavy atom. The lowest BCUT2D eigenvalue weighted by Crippen LogP contribution is -2.70. The minimum atomic E-state index is -1.63. The molecule has 1 aromatic heterocycles. The number of amides is 6. The van der Waals surface area contributed by atoms with Gasteiger partial charge in [-0.15, -0.1) is 23.1 Å². The van der Waals surface area contributed by atoms with E-state index in [0.29, 0.717) is 11.3 Å². The Balaban J connectivity index is 1.75. The van der Waals surface area contributed by atoms with Crippen molar-refractivity contribution in [3.05, 3.63) is 33.7 Å². The summed E-state index contributed by atoms with van der Waals surface area (Å²) in [4.78, 5) is 105. The summed E-state index contributed by atoms with van der Waals surface area (Å²) in [6.45, 7) is 7.96. The maximum Gasteiger partial charge on any atom is 0.355 e. The van der Waals surface area contributed by atoms with E-state index in [1.807, 2.05) is 0 Å². The van der Waals surface area contributed by atoms with Crippen LogP contribution in [0.5, 0.6) is 0 Å². The average Bonchev–Trinajstić information content (AvgIpc) is 3.52. The van der Waals surface area contributed by atoms with Gasteiger partial charge < -0.3 is 25.0 Å². The number of carbonyl (C=O) groups is 8. The lowest BCUT2D eigenvalue weighted by molar-refractivity contribution is -0.177. The van der Waals surface area contributed by atoms with E-state index in [2.05, 4.69) is 10.6 Å². The number of likely N-dealkylation sites (N-methyl/N-ethyl adjacent to an activating group) is 1. The molecule has 4 rings (SSSR count). The summed E-state index contributed by atoms with van der Waals surface area (Å²) in [5, 5.41) is 7.65. The average molecular weight is 679 g/mol. The minimum absolute atomic E-state index is 0.0161. The van der Waals surface area contributed by atoms with Crippen LogP contribution in [-0.2, 0) is 47.8 Å². The largest absolute Gasteiger partial charge is 0.455 e. The first kappa shape index (κ1) is 34.4. The van der Waals surface area contributed by atoms with E-state index in [1.54, 1.807) is 45.2 Å². The van der Waals surface area contributed by atoms with Gasteiger partial charge in [0.1, 0.15) is 22.7 Å². The van der Waals surface area contributed by atoms with Crippen molar-refractivity contribution in [1.82, 2.24) is 30.5 Å². The molecule has 0 spiro atoms. The molecule has 0 radical (unpaired) electrons. The molecular formula is C28H34N6O10S2. The second-order valence-corrected chi connectivity index (χ2v) is 13.3. The number of nitrogens with zero attached hydrogens (tertiary/aromatic N) is 4. The number of β-lactam (4-membered cyclic amide) rings is 1. The number of nitrogens with one attached hydrogen (secondary N) is 2. The van der Waals surface area contributed by atoms with Gasteiger partial charge in [-0.05, 0) is 39.1 Å². The van der Waals surface area contributed by atoms with Gasteiger partial charge in [0.2, 0.25) is 19.0 Å². The number of rotatable bonds is 12. The molecule has 2 fully saturated rings. The third-order valence-corrected chi connectivity index (χ3v) is 9.32. The van der Waals surface area contributed by atoms with Crippen molar-refractivity contribution in [2.75, 3.05) is 25.4 Å². The van der Waals surface area contributed by atoms with Crippen LogP contribution in [0.2, 0.25) is 0 Å². The molecule has 18 heteroatoms. The number of hydrazine groups is 1. The first-order valence-corrected chi connectivity index (χ1v) is 16.1. The van der Waals surface area contributed by atoms with Crippen molar-refractivity contribution in [2.45, 2.75) is 63.9 Å². The first-order valence-electron chi connectivity index (χ1n) is 14.2. The third-order valence-electron chi connectivity index (χ3n) is 7.09. The molecule has 3 aliphatic heterocycles. The van der Waals surface area contributed by atoms with Gasteiger partial charge in [0, 0.05) is 36.2 Å². The second kappa shape index (κ2) is 13.9. The highest BCUT2D eigenvalue weighted by Crippen LogP contribution is 2.42. The summed E-state index contributed by atoms with van der Waals surface area (Å²) >= 11 is 2.25. The molecule has 0 bridgehead atoms. The molecule has 0 saturated carbocycles. The fourth-order valence-electron chi connectivity index (χ4n) is 5.09. The smallest absolute Gasteiger partial charge is 0.355 e. The van der Waals surface area contributed by atoms with Crippen LogP contribution in [-0.4, -0.2) is 117 Å². The molecule has 0 aliphatic carbocycles. The highest BCUT2D eigenvalue weighted by molar-refractivity contribution is 8.00. The topological polar surface area (TPSA) is 192 Å². The van der Waals surface area contributed by atoms with Gasteiger partial charge in [-0.1, -0.05) is 6.07 Å². The van der Waals surface area contributed by atoms with Crippen LogP contribution in [0.1, 0.15) is 45.5 Å². The second-order valence-electron chi connectivity index (χ2n) is 11.3. The monoisotopic (exact) mass is 678 g/mol. The van der Waals surface area contributed by atoms with Crippen LogP contribution < -0.4 is 10.6 Å². The zero-order chi connectivity index (χ0) is 33.9. The van der Waals surface area contributed by atoms with Gasteiger partial charge in [0.05, 0.1) is 6.54 Å². The van der Waals surface area contributed by atoms with Gasteiger partial charge in [0.15, 0.2) is 6.04 Å². The number of hydrogen-bond acceptors (Lipinski definition) is 12. The van der Waals surface area contributed by atoms with Crippen molar-refractivity contribution in [3.63, 3.8) is 0 Å². The fraction of sp³-hybridized carbons (Fsp3) is 0.500. The van der Waals surface area contributed by atoms with Crippen molar-refractivity contribution in [3.8, 4) is 0 Å².